The van der Waals surface area contributed by atoms with Crippen molar-refractivity contribution in [2.45, 2.75) is 45.6 Å². The number of benzene rings is 1. The van der Waals surface area contributed by atoms with Crippen LogP contribution in [0.2, 0.25) is 0 Å². The summed E-state index contributed by atoms with van der Waals surface area (Å²) in [5, 5.41) is 12.8. The first-order chi connectivity index (χ1) is 16.0. The molecule has 0 unspecified atom stereocenters. The largest absolute Gasteiger partial charge is 0.438 e. The van der Waals surface area contributed by atoms with Crippen LogP contribution in [0, 0.1) is 20.8 Å². The lowest BCUT2D eigenvalue weighted by Crippen LogP contribution is -2.13. The van der Waals surface area contributed by atoms with Crippen molar-refractivity contribution in [3.05, 3.63) is 65.4 Å². The molecule has 0 atom stereocenters. The van der Waals surface area contributed by atoms with Crippen LogP contribution in [0.15, 0.2) is 47.6 Å². The van der Waals surface area contributed by atoms with Crippen molar-refractivity contribution in [3.8, 4) is 17.4 Å². The molecule has 1 aromatic carbocycles. The Morgan fingerprint density at radius 2 is 1.71 bits per heavy atom. The van der Waals surface area contributed by atoms with Crippen molar-refractivity contribution in [1.82, 2.24) is 29.5 Å². The molecule has 0 saturated carbocycles. The van der Waals surface area contributed by atoms with Crippen molar-refractivity contribution in [2.75, 3.05) is 4.72 Å². The minimum Gasteiger partial charge on any atom is -0.438 e. The van der Waals surface area contributed by atoms with Crippen molar-refractivity contribution < 1.29 is 13.2 Å². The number of rotatable bonds is 7. The molecule has 0 aliphatic heterocycles. The third-order valence-electron chi connectivity index (χ3n) is 5.51. The third kappa shape index (κ3) is 4.65. The minimum atomic E-state index is -3.81. The molecule has 10 nitrogen and oxygen atoms in total. The van der Waals surface area contributed by atoms with Gasteiger partial charge < -0.3 is 9.30 Å². The van der Waals surface area contributed by atoms with Crippen LogP contribution < -0.4 is 9.46 Å². The number of ether oxygens (including phenoxy) is 1. The van der Waals surface area contributed by atoms with Gasteiger partial charge in [-0.3, -0.25) is 4.72 Å². The maximum atomic E-state index is 12.7. The summed E-state index contributed by atoms with van der Waals surface area (Å²) < 4.78 is 37.2. The smallest absolute Gasteiger partial charge is 0.280 e. The highest BCUT2D eigenvalue weighted by molar-refractivity contribution is 7.92. The highest BCUT2D eigenvalue weighted by Crippen LogP contribution is 2.24. The number of sulfonamides is 1. The van der Waals surface area contributed by atoms with E-state index in [-0.39, 0.29) is 10.9 Å². The molecular weight excluding hydrogens is 454 g/mol. The van der Waals surface area contributed by atoms with E-state index in [4.69, 9.17) is 4.74 Å². The molecule has 0 aliphatic rings. The Bertz CT molecular complexity index is 1420. The maximum Gasteiger partial charge on any atom is 0.280 e. The summed E-state index contributed by atoms with van der Waals surface area (Å²) in [6.07, 6.45) is 1.50. The molecule has 0 spiro atoms. The van der Waals surface area contributed by atoms with Crippen LogP contribution in [0.1, 0.15) is 42.5 Å². The number of nitrogens with zero attached hydrogens (tertiary/aromatic N) is 6. The van der Waals surface area contributed by atoms with Crippen LogP contribution in [-0.4, -0.2) is 37.9 Å². The van der Waals surface area contributed by atoms with Gasteiger partial charge in [0.2, 0.25) is 5.88 Å². The quantitative estimate of drug-likeness (QED) is 0.423. The Balaban J connectivity index is 1.45. The van der Waals surface area contributed by atoms with E-state index in [2.05, 4.69) is 25.0 Å². The highest BCUT2D eigenvalue weighted by atomic mass is 32.2. The van der Waals surface area contributed by atoms with E-state index < -0.39 is 10.0 Å². The molecule has 0 amide bonds. The second-order valence-electron chi connectivity index (χ2n) is 8.37. The summed E-state index contributed by atoms with van der Waals surface area (Å²) in [4.78, 5) is 4.26. The summed E-state index contributed by atoms with van der Waals surface area (Å²) in [7, 11) is -2.03. The number of anilines is 1. The standard InChI is InChI=1S/C23H27N7O3S/c1-14(2)23-24-22(13-29(23)6)34(31,32)28-18-7-9-19(10-8-18)33-21-12-11-20(25-26-21)30-17(5)15(3)16(4)27-30/h7-14,28H,1-6H3. The fourth-order valence-corrected chi connectivity index (χ4v) is 4.52. The van der Waals surface area contributed by atoms with Crippen LogP contribution >= 0.6 is 0 Å². The first-order valence-corrected chi connectivity index (χ1v) is 12.2. The topological polar surface area (TPSA) is 117 Å². The third-order valence-corrected chi connectivity index (χ3v) is 6.76. The normalized spacial score (nSPS) is 11.7. The van der Waals surface area contributed by atoms with Gasteiger partial charge in [-0.25, -0.2) is 9.67 Å². The number of aromatic nitrogens is 6. The molecule has 3 aromatic heterocycles. The zero-order valence-corrected chi connectivity index (χ0v) is 20.8. The molecule has 0 aliphatic carbocycles. The first-order valence-electron chi connectivity index (χ1n) is 10.8. The van der Waals surface area contributed by atoms with Gasteiger partial charge in [0.15, 0.2) is 10.8 Å². The predicted octanol–water partition coefficient (Wildman–Crippen LogP) is 4.04. The molecule has 0 radical (unpaired) electrons. The Hall–Kier alpha value is -3.73. The fraction of sp³-hybridized carbons (Fsp3) is 0.304. The van der Waals surface area contributed by atoms with E-state index in [1.165, 1.54) is 6.20 Å². The Labute approximate surface area is 198 Å². The van der Waals surface area contributed by atoms with Crippen LogP contribution in [0.4, 0.5) is 5.69 Å². The minimum absolute atomic E-state index is 0.0211. The van der Waals surface area contributed by atoms with E-state index in [0.29, 0.717) is 29.0 Å². The van der Waals surface area contributed by atoms with Gasteiger partial charge in [0.25, 0.3) is 10.0 Å². The summed E-state index contributed by atoms with van der Waals surface area (Å²) in [5.74, 6) is 2.21. The zero-order chi connectivity index (χ0) is 24.6. The molecule has 1 N–H and O–H groups in total. The van der Waals surface area contributed by atoms with Gasteiger partial charge >= 0.3 is 0 Å². The maximum absolute atomic E-state index is 12.7. The van der Waals surface area contributed by atoms with Crippen molar-refractivity contribution in [1.29, 1.82) is 0 Å². The Morgan fingerprint density at radius 1 is 1.00 bits per heavy atom. The molecule has 0 fully saturated rings. The van der Waals surface area contributed by atoms with Crippen molar-refractivity contribution in [3.63, 3.8) is 0 Å². The first kappa shape index (κ1) is 23.4. The lowest BCUT2D eigenvalue weighted by Gasteiger charge is -2.08. The van der Waals surface area contributed by atoms with Crippen molar-refractivity contribution in [2.24, 2.45) is 7.05 Å². The average molecular weight is 482 g/mol. The summed E-state index contributed by atoms with van der Waals surface area (Å²) >= 11 is 0. The van der Waals surface area contributed by atoms with E-state index in [1.54, 1.807) is 52.7 Å². The van der Waals surface area contributed by atoms with E-state index >= 15 is 0 Å². The lowest BCUT2D eigenvalue weighted by molar-refractivity contribution is 0.454. The Kier molecular flexibility index (Phi) is 6.13. The van der Waals surface area contributed by atoms with Crippen LogP contribution in [0.25, 0.3) is 5.82 Å². The fourth-order valence-electron chi connectivity index (χ4n) is 3.46. The van der Waals surface area contributed by atoms with Gasteiger partial charge in [-0.1, -0.05) is 13.8 Å². The van der Waals surface area contributed by atoms with Gasteiger partial charge in [0.1, 0.15) is 11.6 Å². The van der Waals surface area contributed by atoms with Gasteiger partial charge in [-0.15, -0.1) is 10.2 Å². The molecule has 3 heterocycles. The second kappa shape index (κ2) is 8.90. The zero-order valence-electron chi connectivity index (χ0n) is 19.9. The molecular formula is C23H27N7O3S. The van der Waals surface area contributed by atoms with Gasteiger partial charge in [-0.05, 0) is 56.7 Å². The number of aryl methyl sites for hydroxylation is 2. The predicted molar refractivity (Wildman–Crippen MR) is 128 cm³/mol. The molecule has 0 saturated heterocycles. The second-order valence-corrected chi connectivity index (χ2v) is 10.0. The van der Waals surface area contributed by atoms with Gasteiger partial charge in [-0.2, -0.15) is 13.5 Å². The summed E-state index contributed by atoms with van der Waals surface area (Å²) in [6, 6.07) is 10.0. The number of imidazole rings is 1. The molecule has 4 rings (SSSR count). The molecule has 4 aromatic rings. The van der Waals surface area contributed by atoms with E-state index in [9.17, 15) is 8.42 Å². The molecule has 178 valence electrons. The van der Waals surface area contributed by atoms with E-state index in [0.717, 1.165) is 17.0 Å². The van der Waals surface area contributed by atoms with Gasteiger partial charge in [0, 0.05) is 36.6 Å². The van der Waals surface area contributed by atoms with Crippen LogP contribution in [0.3, 0.4) is 0 Å². The number of nitrogens with one attached hydrogen (secondary N) is 1. The van der Waals surface area contributed by atoms with Gasteiger partial charge in [0.05, 0.1) is 5.69 Å². The SMILES string of the molecule is Cc1nn(-c2ccc(Oc3ccc(NS(=O)(=O)c4cn(C)c(C(C)C)n4)cc3)nn2)c(C)c1C. The molecule has 11 heteroatoms. The van der Waals surface area contributed by atoms with Crippen molar-refractivity contribution >= 4 is 15.7 Å². The van der Waals surface area contributed by atoms with Crippen LogP contribution in [-0.2, 0) is 17.1 Å². The monoisotopic (exact) mass is 481 g/mol. The number of hydrogen-bond acceptors (Lipinski definition) is 7. The Morgan fingerprint density at radius 3 is 2.24 bits per heavy atom. The summed E-state index contributed by atoms with van der Waals surface area (Å²) in [5.41, 5.74) is 3.45. The molecule has 34 heavy (non-hydrogen) atoms. The lowest BCUT2D eigenvalue weighted by atomic mass is 10.2. The number of hydrogen-bond donors (Lipinski definition) is 1. The van der Waals surface area contributed by atoms with E-state index in [1.807, 2.05) is 34.6 Å². The summed E-state index contributed by atoms with van der Waals surface area (Å²) in [6.45, 7) is 9.87. The average Bonchev–Trinajstić information content (AvgIpc) is 3.31. The molecule has 0 bridgehead atoms. The highest BCUT2D eigenvalue weighted by Gasteiger charge is 2.21. The van der Waals surface area contributed by atoms with Crippen LogP contribution in [0.5, 0.6) is 11.6 Å².